The Balaban J connectivity index is 1.71. The predicted molar refractivity (Wildman–Crippen MR) is 76.5 cm³/mol. The largest absolute Gasteiger partial charge is 0.126 e. The van der Waals surface area contributed by atoms with Gasteiger partial charge in [0.25, 0.3) is 0 Å². The maximum Gasteiger partial charge on any atom is 0.0174 e. The van der Waals surface area contributed by atoms with Crippen molar-refractivity contribution in [3.63, 3.8) is 0 Å². The van der Waals surface area contributed by atoms with Crippen LogP contribution < -0.4 is 0 Å². The minimum atomic E-state index is 0.776. The van der Waals surface area contributed by atoms with Crippen molar-refractivity contribution in [2.75, 3.05) is 5.75 Å². The van der Waals surface area contributed by atoms with Crippen molar-refractivity contribution in [3.8, 4) is 0 Å². The summed E-state index contributed by atoms with van der Waals surface area (Å²) < 4.78 is 0. The third-order valence-electron chi connectivity index (χ3n) is 3.32. The van der Waals surface area contributed by atoms with E-state index in [9.17, 15) is 0 Å². The Morgan fingerprint density at radius 1 is 1.12 bits per heavy atom. The zero-order chi connectivity index (χ0) is 11.2. The molecule has 2 heteroatoms. The SMILES string of the molecule is BrC1CCCCC1CCSc1ccccc1. The summed E-state index contributed by atoms with van der Waals surface area (Å²) in [5.74, 6) is 2.17. The quantitative estimate of drug-likeness (QED) is 0.549. The lowest BCUT2D eigenvalue weighted by molar-refractivity contribution is 0.368. The van der Waals surface area contributed by atoms with Crippen LogP contribution in [0.3, 0.4) is 0 Å². The zero-order valence-electron chi connectivity index (χ0n) is 9.57. The lowest BCUT2D eigenvalue weighted by atomic mass is 9.87. The molecule has 2 rings (SSSR count). The van der Waals surface area contributed by atoms with Crippen molar-refractivity contribution in [2.45, 2.75) is 41.8 Å². The van der Waals surface area contributed by atoms with Crippen LogP contribution in [0, 0.1) is 5.92 Å². The van der Waals surface area contributed by atoms with E-state index in [0.29, 0.717) is 0 Å². The standard InChI is InChI=1S/C14H19BrS/c15-14-9-5-4-6-12(14)10-11-16-13-7-2-1-3-8-13/h1-3,7-8,12,14H,4-6,9-11H2. The number of hydrogen-bond acceptors (Lipinski definition) is 1. The van der Waals surface area contributed by atoms with Crippen LogP contribution in [0.2, 0.25) is 0 Å². The van der Waals surface area contributed by atoms with E-state index in [1.165, 1.54) is 42.8 Å². The molecule has 0 saturated heterocycles. The van der Waals surface area contributed by atoms with Crippen molar-refractivity contribution in [1.29, 1.82) is 0 Å². The molecule has 0 aromatic heterocycles. The number of thioether (sulfide) groups is 1. The molecule has 0 heterocycles. The molecule has 1 aliphatic rings. The summed E-state index contributed by atoms with van der Waals surface area (Å²) in [6.07, 6.45) is 7.00. The Hall–Kier alpha value is 0.0500. The van der Waals surface area contributed by atoms with E-state index >= 15 is 0 Å². The van der Waals surface area contributed by atoms with Crippen LogP contribution in [0.1, 0.15) is 32.1 Å². The summed E-state index contributed by atoms with van der Waals surface area (Å²) in [5.41, 5.74) is 0. The first kappa shape index (κ1) is 12.5. The Morgan fingerprint density at radius 2 is 1.88 bits per heavy atom. The maximum absolute atomic E-state index is 3.83. The van der Waals surface area contributed by atoms with Gasteiger partial charge in [-0.15, -0.1) is 11.8 Å². The Kier molecular flexibility index (Phi) is 5.24. The van der Waals surface area contributed by atoms with Crippen molar-refractivity contribution < 1.29 is 0 Å². The van der Waals surface area contributed by atoms with Gasteiger partial charge in [-0.2, -0.15) is 0 Å². The Bertz CT molecular complexity index is 299. The molecule has 0 amide bonds. The highest BCUT2D eigenvalue weighted by Crippen LogP contribution is 2.33. The van der Waals surface area contributed by atoms with Crippen molar-refractivity contribution in [3.05, 3.63) is 30.3 Å². The van der Waals surface area contributed by atoms with Gasteiger partial charge in [0.1, 0.15) is 0 Å². The van der Waals surface area contributed by atoms with Gasteiger partial charge in [-0.3, -0.25) is 0 Å². The average Bonchev–Trinajstić information content (AvgIpc) is 2.33. The third-order valence-corrected chi connectivity index (χ3v) is 5.57. The fourth-order valence-electron chi connectivity index (χ4n) is 2.33. The summed E-state index contributed by atoms with van der Waals surface area (Å²) >= 11 is 5.83. The van der Waals surface area contributed by atoms with Gasteiger partial charge in [0.2, 0.25) is 0 Å². The highest BCUT2D eigenvalue weighted by molar-refractivity contribution is 9.09. The first-order valence-electron chi connectivity index (χ1n) is 6.18. The molecule has 0 N–H and O–H groups in total. The number of hydrogen-bond donors (Lipinski definition) is 0. The van der Waals surface area contributed by atoms with Crippen LogP contribution in [0.4, 0.5) is 0 Å². The van der Waals surface area contributed by atoms with Crippen LogP contribution in [-0.4, -0.2) is 10.6 Å². The van der Waals surface area contributed by atoms with Crippen LogP contribution in [0.15, 0.2) is 35.2 Å². The predicted octanol–water partition coefficient (Wildman–Crippen LogP) is 5.12. The van der Waals surface area contributed by atoms with E-state index in [1.54, 1.807) is 0 Å². The zero-order valence-corrected chi connectivity index (χ0v) is 12.0. The lowest BCUT2D eigenvalue weighted by Crippen LogP contribution is -2.19. The smallest absolute Gasteiger partial charge is 0.0174 e. The first-order chi connectivity index (χ1) is 7.86. The summed E-state index contributed by atoms with van der Waals surface area (Å²) in [6, 6.07) is 10.7. The molecular weight excluding hydrogens is 280 g/mol. The molecule has 0 radical (unpaired) electrons. The van der Waals surface area contributed by atoms with Gasteiger partial charge in [0.15, 0.2) is 0 Å². The topological polar surface area (TPSA) is 0 Å². The van der Waals surface area contributed by atoms with Gasteiger partial charge >= 0.3 is 0 Å². The molecule has 88 valence electrons. The van der Waals surface area contributed by atoms with Crippen LogP contribution in [0.5, 0.6) is 0 Å². The molecule has 0 aliphatic heterocycles. The van der Waals surface area contributed by atoms with Gasteiger partial charge < -0.3 is 0 Å². The highest BCUT2D eigenvalue weighted by atomic mass is 79.9. The summed E-state index contributed by atoms with van der Waals surface area (Å²) in [5, 5.41) is 0. The van der Waals surface area contributed by atoms with Gasteiger partial charge in [-0.1, -0.05) is 47.0 Å². The van der Waals surface area contributed by atoms with Gasteiger partial charge in [0.05, 0.1) is 0 Å². The second-order valence-corrected chi connectivity index (χ2v) is 6.86. The Labute approximate surface area is 111 Å². The van der Waals surface area contributed by atoms with Crippen molar-refractivity contribution in [1.82, 2.24) is 0 Å². The first-order valence-corrected chi connectivity index (χ1v) is 8.08. The molecule has 2 atom stereocenters. The highest BCUT2D eigenvalue weighted by Gasteiger charge is 2.21. The number of rotatable bonds is 4. The minimum Gasteiger partial charge on any atom is -0.126 e. The van der Waals surface area contributed by atoms with Crippen LogP contribution >= 0.6 is 27.7 Å². The second kappa shape index (κ2) is 6.70. The molecule has 1 fully saturated rings. The Morgan fingerprint density at radius 3 is 2.62 bits per heavy atom. The fourth-order valence-corrected chi connectivity index (χ4v) is 4.19. The summed E-state index contributed by atoms with van der Waals surface area (Å²) in [4.78, 5) is 2.18. The number of benzene rings is 1. The molecule has 1 aromatic rings. The molecule has 2 unspecified atom stereocenters. The molecule has 1 aromatic carbocycles. The molecular formula is C14H19BrS. The number of halogens is 1. The average molecular weight is 299 g/mol. The maximum atomic E-state index is 3.83. The molecule has 0 spiro atoms. The minimum absolute atomic E-state index is 0.776. The second-order valence-electron chi connectivity index (χ2n) is 4.51. The van der Waals surface area contributed by atoms with Crippen molar-refractivity contribution in [2.24, 2.45) is 5.92 Å². The van der Waals surface area contributed by atoms with E-state index in [-0.39, 0.29) is 0 Å². The van der Waals surface area contributed by atoms with E-state index in [1.807, 2.05) is 11.8 Å². The number of alkyl halides is 1. The van der Waals surface area contributed by atoms with Gasteiger partial charge in [-0.05, 0) is 43.1 Å². The monoisotopic (exact) mass is 298 g/mol. The molecule has 1 aliphatic carbocycles. The molecule has 1 saturated carbocycles. The van der Waals surface area contributed by atoms with Crippen LogP contribution in [-0.2, 0) is 0 Å². The fraction of sp³-hybridized carbons (Fsp3) is 0.571. The van der Waals surface area contributed by atoms with Gasteiger partial charge in [-0.25, -0.2) is 0 Å². The van der Waals surface area contributed by atoms with E-state index < -0.39 is 0 Å². The van der Waals surface area contributed by atoms with E-state index in [0.717, 1.165) is 10.7 Å². The summed E-state index contributed by atoms with van der Waals surface area (Å²) in [7, 11) is 0. The molecule has 16 heavy (non-hydrogen) atoms. The normalized spacial score (nSPS) is 25.6. The molecule has 0 nitrogen and oxygen atoms in total. The summed E-state index contributed by atoms with van der Waals surface area (Å²) in [6.45, 7) is 0. The lowest BCUT2D eigenvalue weighted by Gasteiger charge is -2.27. The van der Waals surface area contributed by atoms with Gasteiger partial charge in [0, 0.05) is 9.72 Å². The molecule has 0 bridgehead atoms. The van der Waals surface area contributed by atoms with Crippen LogP contribution in [0.25, 0.3) is 0 Å². The van der Waals surface area contributed by atoms with Crippen molar-refractivity contribution >= 4 is 27.7 Å². The van der Waals surface area contributed by atoms with E-state index in [2.05, 4.69) is 46.3 Å². The third kappa shape index (κ3) is 3.81. The van der Waals surface area contributed by atoms with E-state index in [4.69, 9.17) is 0 Å².